The summed E-state index contributed by atoms with van der Waals surface area (Å²) in [7, 11) is 0. The number of nitrogens with one attached hydrogen (secondary N) is 2. The highest BCUT2D eigenvalue weighted by Gasteiger charge is 2.30. The van der Waals surface area contributed by atoms with Gasteiger partial charge >= 0.3 is 12.1 Å². The fourth-order valence-electron chi connectivity index (χ4n) is 4.77. The molecule has 1 aliphatic rings. The number of carbonyl (C=O) groups is 2. The molecule has 5 rings (SSSR count). The molecule has 182 valence electrons. The van der Waals surface area contributed by atoms with Crippen molar-refractivity contribution in [3.63, 3.8) is 0 Å². The van der Waals surface area contributed by atoms with E-state index in [1.54, 1.807) is 12.3 Å². The molecule has 1 heterocycles. The predicted molar refractivity (Wildman–Crippen MR) is 137 cm³/mol. The van der Waals surface area contributed by atoms with Gasteiger partial charge in [-0.25, -0.2) is 9.59 Å². The first-order valence-electron chi connectivity index (χ1n) is 11.7. The number of aromatic amines is 1. The van der Waals surface area contributed by atoms with Gasteiger partial charge in [-0.2, -0.15) is 0 Å². The second-order valence-electron chi connectivity index (χ2n) is 8.69. The molecule has 0 saturated heterocycles. The van der Waals surface area contributed by atoms with Crippen LogP contribution in [-0.4, -0.2) is 41.4 Å². The number of rotatable bonds is 9. The first-order chi connectivity index (χ1) is 17.5. The van der Waals surface area contributed by atoms with Gasteiger partial charge < -0.3 is 24.9 Å². The molecule has 0 spiro atoms. The van der Waals surface area contributed by atoms with E-state index in [2.05, 4.69) is 29.0 Å². The van der Waals surface area contributed by atoms with Crippen molar-refractivity contribution in [2.45, 2.75) is 18.4 Å². The van der Waals surface area contributed by atoms with Crippen LogP contribution in [0.1, 0.15) is 22.6 Å². The topological polar surface area (TPSA) is 101 Å². The molecule has 3 N–H and O–H groups in total. The Morgan fingerprint density at radius 2 is 1.75 bits per heavy atom. The largest absolute Gasteiger partial charge is 0.490 e. The van der Waals surface area contributed by atoms with E-state index >= 15 is 0 Å². The van der Waals surface area contributed by atoms with Gasteiger partial charge in [-0.1, -0.05) is 61.2 Å². The number of aliphatic carboxylic acids is 1. The number of hydrogen-bond acceptors (Lipinski definition) is 4. The van der Waals surface area contributed by atoms with Crippen LogP contribution in [0, 0.1) is 0 Å². The van der Waals surface area contributed by atoms with Crippen molar-refractivity contribution < 1.29 is 24.2 Å². The zero-order valence-electron chi connectivity index (χ0n) is 19.6. The number of amides is 1. The van der Waals surface area contributed by atoms with Gasteiger partial charge in [0.1, 0.15) is 25.0 Å². The van der Waals surface area contributed by atoms with Gasteiger partial charge in [0.15, 0.2) is 0 Å². The minimum absolute atomic E-state index is 0.0877. The molecule has 0 saturated carbocycles. The third-order valence-electron chi connectivity index (χ3n) is 6.46. The number of fused-ring (bicyclic) bond motifs is 4. The van der Waals surface area contributed by atoms with Gasteiger partial charge in [-0.15, -0.1) is 0 Å². The highest BCUT2D eigenvalue weighted by atomic mass is 16.5. The van der Waals surface area contributed by atoms with Crippen LogP contribution in [0.4, 0.5) is 4.79 Å². The Kier molecular flexibility index (Phi) is 6.45. The van der Waals surface area contributed by atoms with Gasteiger partial charge in [0.25, 0.3) is 0 Å². The van der Waals surface area contributed by atoms with Gasteiger partial charge in [-0.3, -0.25) is 0 Å². The number of ether oxygens (including phenoxy) is 2. The van der Waals surface area contributed by atoms with Crippen molar-refractivity contribution in [1.82, 2.24) is 10.3 Å². The quantitative estimate of drug-likeness (QED) is 0.282. The molecule has 4 aromatic rings. The highest BCUT2D eigenvalue weighted by molar-refractivity contribution is 5.86. The second kappa shape index (κ2) is 10.00. The molecule has 1 amide bonds. The average molecular weight is 483 g/mol. The number of H-pyrrole nitrogens is 1. The molecule has 1 aliphatic carbocycles. The van der Waals surface area contributed by atoms with Crippen molar-refractivity contribution in [1.29, 1.82) is 0 Å². The molecule has 3 aromatic carbocycles. The fourth-order valence-corrected chi connectivity index (χ4v) is 4.77. The van der Waals surface area contributed by atoms with Gasteiger partial charge in [0.2, 0.25) is 0 Å². The lowest BCUT2D eigenvalue weighted by Gasteiger charge is -2.17. The summed E-state index contributed by atoms with van der Waals surface area (Å²) in [5.41, 5.74) is 6.04. The zero-order chi connectivity index (χ0) is 25.1. The first-order valence-corrected chi connectivity index (χ1v) is 11.7. The highest BCUT2D eigenvalue weighted by Crippen LogP contribution is 2.44. The number of carboxylic acid groups (broad SMARTS) is 1. The summed E-state index contributed by atoms with van der Waals surface area (Å²) in [4.78, 5) is 27.8. The molecule has 7 nitrogen and oxygen atoms in total. The number of carboxylic acids is 1. The van der Waals surface area contributed by atoms with Crippen LogP contribution >= 0.6 is 0 Å². The maximum Gasteiger partial charge on any atom is 0.407 e. The molecule has 0 unspecified atom stereocenters. The molecule has 7 heteroatoms. The van der Waals surface area contributed by atoms with Gasteiger partial charge in [0.05, 0.1) is 0 Å². The number of aromatic nitrogens is 1. The smallest absolute Gasteiger partial charge is 0.407 e. The SMILES string of the molecule is C=CCOc1ccc2[nH]cc(C[C@H](NC(=O)OCC3c4ccccc4-c4ccccc43)C(=O)O)c2c1. The van der Waals surface area contributed by atoms with Crippen molar-refractivity contribution in [3.05, 3.63) is 102 Å². The van der Waals surface area contributed by atoms with E-state index in [1.807, 2.05) is 54.6 Å². The molecule has 0 fully saturated rings. The van der Waals surface area contributed by atoms with Crippen molar-refractivity contribution >= 4 is 23.0 Å². The molecule has 1 aromatic heterocycles. The van der Waals surface area contributed by atoms with Crippen molar-refractivity contribution in [3.8, 4) is 16.9 Å². The Hall–Kier alpha value is -4.52. The summed E-state index contributed by atoms with van der Waals surface area (Å²) in [5, 5.41) is 13.1. The number of benzene rings is 3. The van der Waals surface area contributed by atoms with E-state index in [-0.39, 0.29) is 18.9 Å². The summed E-state index contributed by atoms with van der Waals surface area (Å²) in [6.07, 6.45) is 2.72. The Bertz CT molecular complexity index is 1400. The molecule has 0 bridgehead atoms. The second-order valence-corrected chi connectivity index (χ2v) is 8.69. The Balaban J connectivity index is 1.27. The molecular formula is C29H26N2O5. The van der Waals surface area contributed by atoms with E-state index < -0.39 is 18.1 Å². The van der Waals surface area contributed by atoms with Crippen LogP contribution in [0.25, 0.3) is 22.0 Å². The van der Waals surface area contributed by atoms with Crippen LogP contribution in [0.3, 0.4) is 0 Å². The maximum absolute atomic E-state index is 12.7. The van der Waals surface area contributed by atoms with Gasteiger partial charge in [0, 0.05) is 29.4 Å². The fraction of sp³-hybridized carbons (Fsp3) is 0.172. The Morgan fingerprint density at radius 1 is 1.06 bits per heavy atom. The number of alkyl carbamates (subject to hydrolysis) is 1. The summed E-state index contributed by atoms with van der Waals surface area (Å²) >= 11 is 0. The summed E-state index contributed by atoms with van der Waals surface area (Å²) in [6, 6.07) is 20.5. The van der Waals surface area contributed by atoms with E-state index in [1.165, 1.54) is 0 Å². The van der Waals surface area contributed by atoms with Crippen LogP contribution in [0.15, 0.2) is 85.6 Å². The van der Waals surface area contributed by atoms with Crippen LogP contribution in [0.5, 0.6) is 5.75 Å². The number of hydrogen-bond donors (Lipinski definition) is 3. The van der Waals surface area contributed by atoms with E-state index in [4.69, 9.17) is 9.47 Å². The molecule has 0 radical (unpaired) electrons. The maximum atomic E-state index is 12.7. The Morgan fingerprint density at radius 3 is 2.42 bits per heavy atom. The summed E-state index contributed by atoms with van der Waals surface area (Å²) < 4.78 is 11.1. The Labute approximate surface area is 208 Å². The summed E-state index contributed by atoms with van der Waals surface area (Å²) in [5.74, 6) is -0.592. The lowest BCUT2D eigenvalue weighted by molar-refractivity contribution is -0.139. The minimum atomic E-state index is -1.16. The summed E-state index contributed by atoms with van der Waals surface area (Å²) in [6.45, 7) is 4.13. The van der Waals surface area contributed by atoms with Crippen LogP contribution < -0.4 is 10.1 Å². The average Bonchev–Trinajstić information content (AvgIpc) is 3.44. The van der Waals surface area contributed by atoms with E-state index in [0.717, 1.165) is 38.7 Å². The van der Waals surface area contributed by atoms with E-state index in [9.17, 15) is 14.7 Å². The zero-order valence-corrected chi connectivity index (χ0v) is 19.6. The predicted octanol–water partition coefficient (Wildman–Crippen LogP) is 5.27. The molecule has 36 heavy (non-hydrogen) atoms. The normalized spacial score (nSPS) is 13.0. The first kappa shape index (κ1) is 23.2. The van der Waals surface area contributed by atoms with E-state index in [0.29, 0.717) is 12.4 Å². The van der Waals surface area contributed by atoms with Gasteiger partial charge in [-0.05, 0) is 46.0 Å². The van der Waals surface area contributed by atoms with Crippen LogP contribution in [0.2, 0.25) is 0 Å². The lowest BCUT2D eigenvalue weighted by Crippen LogP contribution is -2.42. The monoisotopic (exact) mass is 482 g/mol. The lowest BCUT2D eigenvalue weighted by atomic mass is 9.98. The number of carbonyl (C=O) groups excluding carboxylic acids is 1. The third-order valence-corrected chi connectivity index (χ3v) is 6.46. The minimum Gasteiger partial charge on any atom is -0.490 e. The standard InChI is InChI=1S/C29H26N2O5/c1-2-13-35-19-11-12-26-24(15-19)18(16-30-26)14-27(28(32)33)31-29(34)36-17-25-22-9-5-3-7-20(22)21-8-4-6-10-23(21)25/h2-12,15-16,25,27,30H,1,13-14,17H2,(H,31,34)(H,32,33)/t27-/m0/s1. The third kappa shape index (κ3) is 4.55. The molecule has 1 atom stereocenters. The van der Waals surface area contributed by atoms with Crippen LogP contribution in [-0.2, 0) is 16.0 Å². The molecule has 0 aliphatic heterocycles. The molecular weight excluding hydrogens is 456 g/mol. The van der Waals surface area contributed by atoms with Crippen molar-refractivity contribution in [2.24, 2.45) is 0 Å². The van der Waals surface area contributed by atoms with Crippen molar-refractivity contribution in [2.75, 3.05) is 13.2 Å².